The number of nitrogens with two attached hydrogens (primary N) is 1. The van der Waals surface area contributed by atoms with Gasteiger partial charge in [-0.15, -0.1) is 10.2 Å². The third kappa shape index (κ3) is 4.23. The molecule has 0 amide bonds. The van der Waals surface area contributed by atoms with E-state index in [-0.39, 0.29) is 6.61 Å². The van der Waals surface area contributed by atoms with Crippen LogP contribution in [0.15, 0.2) is 0 Å². The van der Waals surface area contributed by atoms with E-state index in [0.29, 0.717) is 18.7 Å². The fourth-order valence-corrected chi connectivity index (χ4v) is 1.30. The molecule has 1 heterocycles. The molecule has 1 aromatic heterocycles. The number of tetrazole rings is 1. The number of hydrogen-bond donors (Lipinski definition) is 4. The predicted molar refractivity (Wildman–Crippen MR) is 55.7 cm³/mol. The Morgan fingerprint density at radius 2 is 2.25 bits per heavy atom. The Morgan fingerprint density at radius 1 is 1.50 bits per heavy atom. The molecule has 8 nitrogen and oxygen atoms in total. The molecule has 9 heteroatoms. The van der Waals surface area contributed by atoms with Crippen molar-refractivity contribution in [3.8, 4) is 0 Å². The molecule has 0 saturated heterocycles. The normalized spacial score (nSPS) is 14.8. The zero-order valence-corrected chi connectivity index (χ0v) is 9.13. The van der Waals surface area contributed by atoms with Gasteiger partial charge in [-0.1, -0.05) is 5.21 Å². The number of unbranched alkanes of at least 4 members (excludes halogenated alkanes) is 1. The lowest BCUT2D eigenvalue weighted by atomic mass is 9.95. The Labute approximate surface area is 93.4 Å². The number of hydrogen-bond acceptors (Lipinski definition) is 7. The van der Waals surface area contributed by atoms with Crippen LogP contribution in [0.25, 0.3) is 0 Å². The molecule has 0 radical (unpaired) electrons. The largest absolute Gasteiger partial charge is 0.633 e. The van der Waals surface area contributed by atoms with Gasteiger partial charge in [-0.2, -0.15) is 5.21 Å². The number of H-pyrrole nitrogens is 1. The smallest absolute Gasteiger partial charge is 0.402 e. The van der Waals surface area contributed by atoms with E-state index >= 15 is 0 Å². The molecule has 1 unspecified atom stereocenters. The van der Waals surface area contributed by atoms with Gasteiger partial charge in [-0.3, -0.25) is 0 Å². The van der Waals surface area contributed by atoms with E-state index in [0.717, 1.165) is 6.42 Å². The second kappa shape index (κ2) is 5.90. The van der Waals surface area contributed by atoms with Crippen LogP contribution >= 0.6 is 0 Å². The van der Waals surface area contributed by atoms with E-state index in [2.05, 4.69) is 25.3 Å². The van der Waals surface area contributed by atoms with E-state index in [4.69, 9.17) is 15.8 Å². The van der Waals surface area contributed by atoms with Gasteiger partial charge in [0.05, 0.1) is 5.54 Å². The van der Waals surface area contributed by atoms with Crippen molar-refractivity contribution in [3.63, 3.8) is 0 Å². The van der Waals surface area contributed by atoms with Crippen molar-refractivity contribution in [3.05, 3.63) is 5.82 Å². The molecule has 0 aliphatic rings. The zero-order chi connectivity index (χ0) is 12.0. The fraction of sp³-hybridized carbons (Fsp3) is 0.857. The number of nitrogens with one attached hydrogen (secondary N) is 1. The van der Waals surface area contributed by atoms with Crippen LogP contribution in [-0.4, -0.2) is 44.6 Å². The lowest BCUT2D eigenvalue weighted by Crippen LogP contribution is -2.34. The first-order chi connectivity index (χ1) is 7.52. The summed E-state index contributed by atoms with van der Waals surface area (Å²) in [6, 6.07) is 0. The topological polar surface area (TPSA) is 130 Å². The third-order valence-corrected chi connectivity index (χ3v) is 2.21. The SMILES string of the molecule is CC(N)(CCCCOB(O)O)c1nn[nH]n1. The summed E-state index contributed by atoms with van der Waals surface area (Å²) in [5.74, 6) is 0.468. The van der Waals surface area contributed by atoms with Crippen LogP contribution in [0.2, 0.25) is 0 Å². The summed E-state index contributed by atoms with van der Waals surface area (Å²) in [5.41, 5.74) is 5.37. The van der Waals surface area contributed by atoms with E-state index in [9.17, 15) is 0 Å². The van der Waals surface area contributed by atoms with Gasteiger partial charge in [0.2, 0.25) is 0 Å². The molecule has 1 aromatic rings. The minimum atomic E-state index is -1.71. The molecule has 0 aromatic carbocycles. The summed E-state index contributed by atoms with van der Waals surface area (Å²) >= 11 is 0. The first-order valence-electron chi connectivity index (χ1n) is 5.03. The van der Waals surface area contributed by atoms with Gasteiger partial charge in [-0.05, 0) is 26.2 Å². The Balaban J connectivity index is 2.22. The van der Waals surface area contributed by atoms with Crippen LogP contribution in [0.5, 0.6) is 0 Å². The highest BCUT2D eigenvalue weighted by Crippen LogP contribution is 2.19. The van der Waals surface area contributed by atoms with Crippen LogP contribution in [0.1, 0.15) is 32.0 Å². The fourth-order valence-electron chi connectivity index (χ4n) is 1.30. The molecular weight excluding hydrogens is 213 g/mol. The monoisotopic (exact) mass is 229 g/mol. The summed E-state index contributed by atoms with van der Waals surface area (Å²) in [7, 11) is -1.71. The quantitative estimate of drug-likeness (QED) is 0.331. The summed E-state index contributed by atoms with van der Waals surface area (Å²) in [5, 5.41) is 30.3. The molecule has 0 bridgehead atoms. The molecule has 0 spiro atoms. The van der Waals surface area contributed by atoms with Gasteiger partial charge in [0.25, 0.3) is 0 Å². The van der Waals surface area contributed by atoms with Crippen molar-refractivity contribution in [1.82, 2.24) is 20.6 Å². The van der Waals surface area contributed by atoms with E-state index < -0.39 is 12.9 Å². The Bertz CT molecular complexity index is 292. The predicted octanol–water partition coefficient (Wildman–Crippen LogP) is -1.47. The van der Waals surface area contributed by atoms with E-state index in [1.165, 1.54) is 0 Å². The van der Waals surface area contributed by atoms with Gasteiger partial charge in [0.15, 0.2) is 5.82 Å². The van der Waals surface area contributed by atoms with E-state index in [1.54, 1.807) is 0 Å². The van der Waals surface area contributed by atoms with Crippen LogP contribution in [0.4, 0.5) is 0 Å². The number of aromatic nitrogens is 4. The maximum absolute atomic E-state index is 8.44. The van der Waals surface area contributed by atoms with E-state index in [1.807, 2.05) is 6.92 Å². The van der Waals surface area contributed by atoms with Gasteiger partial charge >= 0.3 is 7.32 Å². The van der Waals surface area contributed by atoms with Crippen molar-refractivity contribution >= 4 is 7.32 Å². The van der Waals surface area contributed by atoms with Crippen molar-refractivity contribution in [2.75, 3.05) is 6.61 Å². The van der Waals surface area contributed by atoms with Crippen LogP contribution in [-0.2, 0) is 10.2 Å². The molecule has 0 aliphatic heterocycles. The van der Waals surface area contributed by atoms with Gasteiger partial charge in [0, 0.05) is 6.61 Å². The number of aromatic amines is 1. The van der Waals surface area contributed by atoms with Crippen molar-refractivity contribution in [1.29, 1.82) is 0 Å². The first kappa shape index (κ1) is 13.0. The average Bonchev–Trinajstić information content (AvgIpc) is 2.69. The van der Waals surface area contributed by atoms with Crippen LogP contribution in [0.3, 0.4) is 0 Å². The van der Waals surface area contributed by atoms with Crippen molar-refractivity contribution in [2.24, 2.45) is 5.73 Å². The molecule has 0 aliphatic carbocycles. The second-order valence-electron chi connectivity index (χ2n) is 3.81. The minimum absolute atomic E-state index is 0.278. The molecule has 5 N–H and O–H groups in total. The first-order valence-corrected chi connectivity index (χ1v) is 5.03. The Kier molecular flexibility index (Phi) is 4.81. The molecule has 1 atom stereocenters. The summed E-state index contributed by atoms with van der Waals surface area (Å²) in [6.07, 6.45) is 2.12. The third-order valence-electron chi connectivity index (χ3n) is 2.21. The Hall–Kier alpha value is -1.03. The zero-order valence-electron chi connectivity index (χ0n) is 9.13. The van der Waals surface area contributed by atoms with Crippen molar-refractivity contribution < 1.29 is 14.7 Å². The van der Waals surface area contributed by atoms with Crippen molar-refractivity contribution in [2.45, 2.75) is 31.7 Å². The van der Waals surface area contributed by atoms with Gasteiger partial charge < -0.3 is 20.4 Å². The lowest BCUT2D eigenvalue weighted by molar-refractivity contribution is 0.180. The average molecular weight is 229 g/mol. The molecule has 0 fully saturated rings. The number of nitrogens with zero attached hydrogens (tertiary/aromatic N) is 3. The Morgan fingerprint density at radius 3 is 2.81 bits per heavy atom. The summed E-state index contributed by atoms with van der Waals surface area (Å²) < 4.78 is 4.57. The maximum Gasteiger partial charge on any atom is 0.633 e. The standard InChI is InChI=1S/C7H16BN5O3/c1-7(9,6-10-12-13-11-6)4-2-3-5-16-8(14)15/h14-15H,2-5,9H2,1H3,(H,10,11,12,13). The molecule has 0 saturated carbocycles. The molecule has 90 valence electrons. The second-order valence-corrected chi connectivity index (χ2v) is 3.81. The number of rotatable bonds is 7. The minimum Gasteiger partial charge on any atom is -0.402 e. The lowest BCUT2D eigenvalue weighted by Gasteiger charge is -2.19. The van der Waals surface area contributed by atoms with Gasteiger partial charge in [-0.25, -0.2) is 0 Å². The molecule has 1 rings (SSSR count). The van der Waals surface area contributed by atoms with Crippen LogP contribution < -0.4 is 5.73 Å². The highest BCUT2D eigenvalue weighted by atomic mass is 16.6. The molecular formula is C7H16BN5O3. The highest BCUT2D eigenvalue weighted by Gasteiger charge is 2.25. The summed E-state index contributed by atoms with van der Waals surface area (Å²) in [6.45, 7) is 2.10. The maximum atomic E-state index is 8.44. The van der Waals surface area contributed by atoms with Crippen LogP contribution in [0, 0.1) is 0 Å². The highest BCUT2D eigenvalue weighted by molar-refractivity contribution is 6.32. The molecule has 16 heavy (non-hydrogen) atoms. The van der Waals surface area contributed by atoms with Gasteiger partial charge in [0.1, 0.15) is 0 Å². The summed E-state index contributed by atoms with van der Waals surface area (Å²) in [4.78, 5) is 0.